The Labute approximate surface area is 200 Å². The number of amides is 2. The van der Waals surface area contributed by atoms with Gasteiger partial charge in [0.05, 0.1) is 10.8 Å². The van der Waals surface area contributed by atoms with Crippen molar-refractivity contribution in [3.63, 3.8) is 0 Å². The highest BCUT2D eigenvalue weighted by molar-refractivity contribution is 7.99. The number of carbonyl (C=O) groups excluding carboxylic acids is 2. The van der Waals surface area contributed by atoms with E-state index in [0.717, 1.165) is 5.69 Å². The molecule has 1 fully saturated rings. The van der Waals surface area contributed by atoms with Crippen LogP contribution >= 0.6 is 35.0 Å². The van der Waals surface area contributed by atoms with Gasteiger partial charge >= 0.3 is 0 Å². The molecule has 2 aromatic carbocycles. The van der Waals surface area contributed by atoms with Gasteiger partial charge in [-0.15, -0.1) is 10.2 Å². The summed E-state index contributed by atoms with van der Waals surface area (Å²) in [5.74, 6) is 0.838. The summed E-state index contributed by atoms with van der Waals surface area (Å²) < 4.78 is 1.89. The Kier molecular flexibility index (Phi) is 7.03. The van der Waals surface area contributed by atoms with Crippen LogP contribution in [0.25, 0.3) is 17.1 Å². The van der Waals surface area contributed by atoms with Crippen LogP contribution in [0.15, 0.2) is 53.7 Å². The number of piperazine rings is 1. The highest BCUT2D eigenvalue weighted by Gasteiger charge is 2.24. The lowest BCUT2D eigenvalue weighted by molar-refractivity contribution is -0.136. The quantitative estimate of drug-likeness (QED) is 0.506. The summed E-state index contributed by atoms with van der Waals surface area (Å²) in [5.41, 5.74) is 1.56. The van der Waals surface area contributed by atoms with Crippen molar-refractivity contribution < 1.29 is 9.59 Å². The van der Waals surface area contributed by atoms with Crippen LogP contribution in [0.5, 0.6) is 0 Å². The number of carbonyl (C=O) groups is 2. The molecular weight excluding hydrogens is 469 g/mol. The van der Waals surface area contributed by atoms with Crippen LogP contribution in [0, 0.1) is 0 Å². The van der Waals surface area contributed by atoms with E-state index in [-0.39, 0.29) is 17.6 Å². The molecule has 2 heterocycles. The average Bonchev–Trinajstić information content (AvgIpc) is 3.21. The standard InChI is InChI=1S/C22H21Cl2N5O2S/c1-15(30)27-9-11-28(12-10-27)20(31)14-32-22-26-25-21(18-8-7-16(23)13-19(18)24)29(22)17-5-3-2-4-6-17/h2-8,13H,9-12,14H2,1H3. The molecule has 1 saturated heterocycles. The topological polar surface area (TPSA) is 71.3 Å². The van der Waals surface area contributed by atoms with Crippen molar-refractivity contribution in [1.82, 2.24) is 24.6 Å². The third kappa shape index (κ3) is 4.92. The van der Waals surface area contributed by atoms with E-state index in [1.165, 1.54) is 11.8 Å². The molecule has 0 radical (unpaired) electrons. The molecule has 0 N–H and O–H groups in total. The van der Waals surface area contributed by atoms with E-state index in [2.05, 4.69) is 10.2 Å². The molecule has 2 amide bonds. The second-order valence-corrected chi connectivity index (χ2v) is 9.06. The summed E-state index contributed by atoms with van der Waals surface area (Å²) in [6.07, 6.45) is 0. The smallest absolute Gasteiger partial charge is 0.233 e. The molecule has 32 heavy (non-hydrogen) atoms. The summed E-state index contributed by atoms with van der Waals surface area (Å²) in [6.45, 7) is 3.75. The minimum absolute atomic E-state index is 0.00638. The summed E-state index contributed by atoms with van der Waals surface area (Å²) in [4.78, 5) is 27.8. The first-order chi connectivity index (χ1) is 15.4. The average molecular weight is 490 g/mol. The van der Waals surface area contributed by atoms with Crippen molar-refractivity contribution in [3.05, 3.63) is 58.6 Å². The molecule has 1 aliphatic rings. The molecule has 0 aliphatic carbocycles. The van der Waals surface area contributed by atoms with E-state index in [0.29, 0.717) is 52.8 Å². The Bertz CT molecular complexity index is 1130. The number of halogens is 2. The van der Waals surface area contributed by atoms with Crippen LogP contribution in [0.4, 0.5) is 0 Å². The van der Waals surface area contributed by atoms with Gasteiger partial charge < -0.3 is 9.80 Å². The largest absolute Gasteiger partial charge is 0.339 e. The van der Waals surface area contributed by atoms with Crippen LogP contribution in [-0.4, -0.2) is 68.3 Å². The van der Waals surface area contributed by atoms with Crippen molar-refractivity contribution >= 4 is 46.8 Å². The molecule has 0 bridgehead atoms. The minimum atomic E-state index is 0.00638. The molecule has 1 aliphatic heterocycles. The maximum absolute atomic E-state index is 12.8. The van der Waals surface area contributed by atoms with Gasteiger partial charge in [0.25, 0.3) is 0 Å². The van der Waals surface area contributed by atoms with Gasteiger partial charge in [0.2, 0.25) is 11.8 Å². The molecule has 0 spiro atoms. The van der Waals surface area contributed by atoms with Crippen molar-refractivity contribution in [3.8, 4) is 17.1 Å². The molecule has 0 saturated carbocycles. The molecule has 10 heteroatoms. The fourth-order valence-electron chi connectivity index (χ4n) is 3.51. The zero-order valence-corrected chi connectivity index (χ0v) is 19.7. The predicted octanol–water partition coefficient (Wildman–Crippen LogP) is 4.02. The fraction of sp³-hybridized carbons (Fsp3) is 0.273. The Balaban J connectivity index is 1.56. The van der Waals surface area contributed by atoms with Crippen LogP contribution in [0.3, 0.4) is 0 Å². The van der Waals surface area contributed by atoms with Gasteiger partial charge in [-0.25, -0.2) is 0 Å². The summed E-state index contributed by atoms with van der Waals surface area (Å²) in [5, 5.41) is 10.3. The lowest BCUT2D eigenvalue weighted by Gasteiger charge is -2.34. The number of benzene rings is 2. The van der Waals surface area contributed by atoms with Gasteiger partial charge in [0.15, 0.2) is 11.0 Å². The minimum Gasteiger partial charge on any atom is -0.339 e. The first-order valence-electron chi connectivity index (χ1n) is 10.1. The molecule has 1 aromatic heterocycles. The Hall–Kier alpha value is -2.55. The Morgan fingerprint density at radius 2 is 1.66 bits per heavy atom. The lowest BCUT2D eigenvalue weighted by atomic mass is 10.2. The molecule has 3 aromatic rings. The Morgan fingerprint density at radius 3 is 2.31 bits per heavy atom. The van der Waals surface area contributed by atoms with Gasteiger partial charge in [-0.1, -0.05) is 53.2 Å². The number of aromatic nitrogens is 3. The van der Waals surface area contributed by atoms with E-state index in [4.69, 9.17) is 23.2 Å². The van der Waals surface area contributed by atoms with E-state index in [1.807, 2.05) is 41.0 Å². The zero-order chi connectivity index (χ0) is 22.7. The Morgan fingerprint density at radius 1 is 0.969 bits per heavy atom. The van der Waals surface area contributed by atoms with Gasteiger partial charge in [0.1, 0.15) is 0 Å². The first-order valence-corrected chi connectivity index (χ1v) is 11.8. The van der Waals surface area contributed by atoms with E-state index in [1.54, 1.807) is 28.9 Å². The maximum atomic E-state index is 12.8. The highest BCUT2D eigenvalue weighted by atomic mass is 35.5. The van der Waals surface area contributed by atoms with Crippen molar-refractivity contribution in [2.24, 2.45) is 0 Å². The normalized spacial score (nSPS) is 14.0. The van der Waals surface area contributed by atoms with Gasteiger partial charge in [0, 0.05) is 49.4 Å². The van der Waals surface area contributed by atoms with Crippen LogP contribution < -0.4 is 0 Å². The van der Waals surface area contributed by atoms with Crippen molar-refractivity contribution in [2.45, 2.75) is 12.1 Å². The lowest BCUT2D eigenvalue weighted by Crippen LogP contribution is -2.50. The number of hydrogen-bond acceptors (Lipinski definition) is 5. The van der Waals surface area contributed by atoms with Crippen molar-refractivity contribution in [1.29, 1.82) is 0 Å². The number of para-hydroxylation sites is 1. The second kappa shape index (κ2) is 9.94. The van der Waals surface area contributed by atoms with Crippen molar-refractivity contribution in [2.75, 3.05) is 31.9 Å². The maximum Gasteiger partial charge on any atom is 0.233 e. The van der Waals surface area contributed by atoms with E-state index < -0.39 is 0 Å². The molecule has 0 atom stereocenters. The van der Waals surface area contributed by atoms with Gasteiger partial charge in [-0.05, 0) is 30.3 Å². The molecule has 7 nitrogen and oxygen atoms in total. The highest BCUT2D eigenvalue weighted by Crippen LogP contribution is 2.33. The van der Waals surface area contributed by atoms with E-state index in [9.17, 15) is 9.59 Å². The monoisotopic (exact) mass is 489 g/mol. The molecule has 0 unspecified atom stereocenters. The number of hydrogen-bond donors (Lipinski definition) is 0. The fourth-order valence-corrected chi connectivity index (χ4v) is 4.85. The number of nitrogens with zero attached hydrogens (tertiary/aromatic N) is 5. The number of rotatable bonds is 5. The van der Waals surface area contributed by atoms with E-state index >= 15 is 0 Å². The molecule has 166 valence electrons. The third-order valence-corrected chi connectivity index (χ3v) is 6.68. The van der Waals surface area contributed by atoms with Crippen LogP contribution in [0.1, 0.15) is 6.92 Å². The number of thioether (sulfide) groups is 1. The summed E-state index contributed by atoms with van der Waals surface area (Å²) in [6, 6.07) is 14.9. The third-order valence-electron chi connectivity index (χ3n) is 5.22. The van der Waals surface area contributed by atoms with Gasteiger partial charge in [-0.2, -0.15) is 0 Å². The zero-order valence-electron chi connectivity index (χ0n) is 17.4. The van der Waals surface area contributed by atoms with Crippen LogP contribution in [0.2, 0.25) is 10.0 Å². The SMILES string of the molecule is CC(=O)N1CCN(C(=O)CSc2nnc(-c3ccc(Cl)cc3Cl)n2-c2ccccc2)CC1. The first kappa shape index (κ1) is 22.6. The second-order valence-electron chi connectivity index (χ2n) is 7.28. The molecular formula is C22H21Cl2N5O2S. The van der Waals surface area contributed by atoms with Crippen LogP contribution in [-0.2, 0) is 9.59 Å². The predicted molar refractivity (Wildman–Crippen MR) is 126 cm³/mol. The van der Waals surface area contributed by atoms with Gasteiger partial charge in [-0.3, -0.25) is 14.2 Å². The molecule has 4 rings (SSSR count). The summed E-state index contributed by atoms with van der Waals surface area (Å²) >= 11 is 13.8. The summed E-state index contributed by atoms with van der Waals surface area (Å²) in [7, 11) is 0.